The topological polar surface area (TPSA) is 26.3 Å². The molecule has 0 unspecified atom stereocenters. The SMILES string of the molecule is O=C(Oc1ccc(I)cc1)C1CCC1. The number of hydrogen-bond donors (Lipinski definition) is 0. The zero-order valence-electron chi connectivity index (χ0n) is 7.70. The molecule has 0 atom stereocenters. The lowest BCUT2D eigenvalue weighted by Gasteiger charge is -2.22. The number of ether oxygens (including phenoxy) is 1. The lowest BCUT2D eigenvalue weighted by Crippen LogP contribution is -2.26. The van der Waals surface area contributed by atoms with Crippen LogP contribution >= 0.6 is 22.6 Å². The first-order chi connectivity index (χ1) is 6.75. The van der Waals surface area contributed by atoms with Gasteiger partial charge in [-0.3, -0.25) is 4.79 Å². The van der Waals surface area contributed by atoms with Crippen molar-refractivity contribution >= 4 is 28.6 Å². The Labute approximate surface area is 96.8 Å². The Morgan fingerprint density at radius 2 is 1.93 bits per heavy atom. The number of halogens is 1. The van der Waals surface area contributed by atoms with Gasteiger partial charge in [0.05, 0.1) is 5.92 Å². The molecule has 1 fully saturated rings. The summed E-state index contributed by atoms with van der Waals surface area (Å²) in [7, 11) is 0. The second-order valence-corrected chi connectivity index (χ2v) is 4.75. The van der Waals surface area contributed by atoms with Gasteiger partial charge in [0, 0.05) is 3.57 Å². The van der Waals surface area contributed by atoms with Crippen molar-refractivity contribution in [3.05, 3.63) is 27.8 Å². The fraction of sp³-hybridized carbons (Fsp3) is 0.364. The van der Waals surface area contributed by atoms with Crippen molar-refractivity contribution in [3.8, 4) is 5.75 Å². The fourth-order valence-electron chi connectivity index (χ4n) is 1.35. The van der Waals surface area contributed by atoms with E-state index < -0.39 is 0 Å². The smallest absolute Gasteiger partial charge is 0.314 e. The molecule has 74 valence electrons. The van der Waals surface area contributed by atoms with Crippen molar-refractivity contribution in [2.24, 2.45) is 5.92 Å². The molecule has 14 heavy (non-hydrogen) atoms. The summed E-state index contributed by atoms with van der Waals surface area (Å²) in [6, 6.07) is 7.53. The molecule has 0 amide bonds. The van der Waals surface area contributed by atoms with Gasteiger partial charge in [0.25, 0.3) is 0 Å². The molecule has 0 saturated heterocycles. The second-order valence-electron chi connectivity index (χ2n) is 3.50. The zero-order valence-corrected chi connectivity index (χ0v) is 9.86. The van der Waals surface area contributed by atoms with Gasteiger partial charge in [-0.15, -0.1) is 0 Å². The van der Waals surface area contributed by atoms with Crippen molar-refractivity contribution in [1.82, 2.24) is 0 Å². The highest BCUT2D eigenvalue weighted by atomic mass is 127. The summed E-state index contributed by atoms with van der Waals surface area (Å²) < 4.78 is 6.38. The molecule has 0 radical (unpaired) electrons. The van der Waals surface area contributed by atoms with Crippen LogP contribution in [0.5, 0.6) is 5.75 Å². The molecule has 0 N–H and O–H groups in total. The molecular weight excluding hydrogens is 291 g/mol. The number of hydrogen-bond acceptors (Lipinski definition) is 2. The molecule has 1 aliphatic carbocycles. The molecule has 3 heteroatoms. The molecule has 0 spiro atoms. The van der Waals surface area contributed by atoms with E-state index in [1.807, 2.05) is 24.3 Å². The van der Waals surface area contributed by atoms with Gasteiger partial charge >= 0.3 is 5.97 Å². The number of esters is 1. The number of carbonyl (C=O) groups excluding carboxylic acids is 1. The first kappa shape index (κ1) is 9.96. The van der Waals surface area contributed by atoms with E-state index in [0.29, 0.717) is 5.75 Å². The highest BCUT2D eigenvalue weighted by Crippen LogP contribution is 2.28. The van der Waals surface area contributed by atoms with Crippen molar-refractivity contribution in [2.45, 2.75) is 19.3 Å². The van der Waals surface area contributed by atoms with E-state index in [2.05, 4.69) is 22.6 Å². The Balaban J connectivity index is 1.96. The molecule has 0 bridgehead atoms. The second kappa shape index (κ2) is 4.29. The minimum absolute atomic E-state index is 0.0718. The lowest BCUT2D eigenvalue weighted by molar-refractivity contribution is -0.141. The zero-order chi connectivity index (χ0) is 9.97. The summed E-state index contributed by atoms with van der Waals surface area (Å²) in [5, 5.41) is 0. The van der Waals surface area contributed by atoms with Crippen LogP contribution in [0.3, 0.4) is 0 Å². The van der Waals surface area contributed by atoms with Gasteiger partial charge < -0.3 is 4.74 Å². The molecule has 2 rings (SSSR count). The van der Waals surface area contributed by atoms with E-state index in [1.165, 1.54) is 0 Å². The molecule has 1 aromatic carbocycles. The Morgan fingerprint density at radius 3 is 2.43 bits per heavy atom. The van der Waals surface area contributed by atoms with Gasteiger partial charge in [0.15, 0.2) is 0 Å². The predicted molar refractivity (Wildman–Crippen MR) is 62.1 cm³/mol. The number of benzene rings is 1. The normalized spacial score (nSPS) is 16.1. The van der Waals surface area contributed by atoms with Crippen molar-refractivity contribution in [3.63, 3.8) is 0 Å². The van der Waals surface area contributed by atoms with Gasteiger partial charge in [-0.1, -0.05) is 6.42 Å². The van der Waals surface area contributed by atoms with Crippen LogP contribution in [0.4, 0.5) is 0 Å². The summed E-state index contributed by atoms with van der Waals surface area (Å²) in [6.07, 6.45) is 3.14. The van der Waals surface area contributed by atoms with E-state index in [1.54, 1.807) is 0 Å². The van der Waals surface area contributed by atoms with Gasteiger partial charge in [0.2, 0.25) is 0 Å². The Morgan fingerprint density at radius 1 is 1.29 bits per heavy atom. The van der Waals surface area contributed by atoms with Crippen LogP contribution in [0, 0.1) is 9.49 Å². The van der Waals surface area contributed by atoms with Crippen LogP contribution in [0.2, 0.25) is 0 Å². The maximum Gasteiger partial charge on any atom is 0.314 e. The first-order valence-corrected chi connectivity index (χ1v) is 5.81. The van der Waals surface area contributed by atoms with Crippen molar-refractivity contribution in [1.29, 1.82) is 0 Å². The number of carbonyl (C=O) groups is 1. The van der Waals surface area contributed by atoms with Gasteiger partial charge in [0.1, 0.15) is 5.75 Å². The van der Waals surface area contributed by atoms with Crippen LogP contribution < -0.4 is 4.74 Å². The maximum absolute atomic E-state index is 11.5. The predicted octanol–water partition coefficient (Wildman–Crippen LogP) is 3.00. The third-order valence-corrected chi connectivity index (χ3v) is 3.19. The molecule has 0 aromatic heterocycles. The van der Waals surface area contributed by atoms with Crippen molar-refractivity contribution in [2.75, 3.05) is 0 Å². The van der Waals surface area contributed by atoms with Crippen molar-refractivity contribution < 1.29 is 9.53 Å². The highest BCUT2D eigenvalue weighted by molar-refractivity contribution is 14.1. The van der Waals surface area contributed by atoms with E-state index in [0.717, 1.165) is 22.8 Å². The third-order valence-electron chi connectivity index (χ3n) is 2.47. The summed E-state index contributed by atoms with van der Waals surface area (Å²) in [5.74, 6) is 0.731. The largest absolute Gasteiger partial charge is 0.426 e. The Kier molecular flexibility index (Phi) is 3.05. The quantitative estimate of drug-likeness (QED) is 0.477. The van der Waals surface area contributed by atoms with Crippen LogP contribution in [0.25, 0.3) is 0 Å². The molecular formula is C11H11IO2. The van der Waals surface area contributed by atoms with E-state index in [-0.39, 0.29) is 11.9 Å². The molecule has 1 aromatic rings. The van der Waals surface area contributed by atoms with Gasteiger partial charge in [-0.25, -0.2) is 0 Å². The van der Waals surface area contributed by atoms with Crippen LogP contribution in [-0.2, 0) is 4.79 Å². The first-order valence-electron chi connectivity index (χ1n) is 4.73. The van der Waals surface area contributed by atoms with Gasteiger partial charge in [-0.2, -0.15) is 0 Å². The third kappa shape index (κ3) is 2.26. The van der Waals surface area contributed by atoms with E-state index in [4.69, 9.17) is 4.74 Å². The highest BCUT2D eigenvalue weighted by Gasteiger charge is 2.26. The lowest BCUT2D eigenvalue weighted by atomic mass is 9.86. The monoisotopic (exact) mass is 302 g/mol. The maximum atomic E-state index is 11.5. The Bertz CT molecular complexity index is 328. The average Bonchev–Trinajstić information content (AvgIpc) is 2.06. The standard InChI is InChI=1S/C11H11IO2/c12-9-4-6-10(7-5-9)14-11(13)8-2-1-3-8/h4-8H,1-3H2. The van der Waals surface area contributed by atoms with Gasteiger partial charge in [-0.05, 0) is 59.7 Å². The van der Waals surface area contributed by atoms with E-state index in [9.17, 15) is 4.79 Å². The van der Waals surface area contributed by atoms with Crippen LogP contribution in [0.15, 0.2) is 24.3 Å². The molecule has 2 nitrogen and oxygen atoms in total. The fourth-order valence-corrected chi connectivity index (χ4v) is 1.71. The minimum Gasteiger partial charge on any atom is -0.426 e. The summed E-state index contributed by atoms with van der Waals surface area (Å²) in [4.78, 5) is 11.5. The van der Waals surface area contributed by atoms with Crippen LogP contribution in [-0.4, -0.2) is 5.97 Å². The van der Waals surface area contributed by atoms with Crippen LogP contribution in [0.1, 0.15) is 19.3 Å². The summed E-state index contributed by atoms with van der Waals surface area (Å²) >= 11 is 2.22. The molecule has 1 saturated carbocycles. The molecule has 0 heterocycles. The molecule has 1 aliphatic rings. The summed E-state index contributed by atoms with van der Waals surface area (Å²) in [5.41, 5.74) is 0. The Hall–Kier alpha value is -0.580. The van der Waals surface area contributed by atoms with E-state index >= 15 is 0 Å². The minimum atomic E-state index is -0.0718. The molecule has 0 aliphatic heterocycles. The number of rotatable bonds is 2. The summed E-state index contributed by atoms with van der Waals surface area (Å²) in [6.45, 7) is 0. The average molecular weight is 302 g/mol.